The van der Waals surface area contributed by atoms with Crippen molar-refractivity contribution in [1.82, 2.24) is 4.90 Å². The number of alkyl halides is 3. The second-order valence-corrected chi connectivity index (χ2v) is 8.64. The van der Waals surface area contributed by atoms with Gasteiger partial charge in [-0.15, -0.1) is 0 Å². The normalized spacial score (nSPS) is 18.6. The highest BCUT2D eigenvalue weighted by atomic mass is 35.5. The Balaban J connectivity index is 1.57. The van der Waals surface area contributed by atoms with E-state index in [-0.39, 0.29) is 17.0 Å². The fourth-order valence-electron chi connectivity index (χ4n) is 4.15. The summed E-state index contributed by atoms with van der Waals surface area (Å²) in [6.07, 6.45) is -3.47. The van der Waals surface area contributed by atoms with Crippen molar-refractivity contribution in [3.8, 4) is 0 Å². The summed E-state index contributed by atoms with van der Waals surface area (Å²) in [6.45, 7) is 3.63. The molecule has 2 aliphatic rings. The number of fused-ring (bicyclic) bond motifs is 1. The van der Waals surface area contributed by atoms with Gasteiger partial charge in [0.1, 0.15) is 0 Å². The number of nitrogens with zero attached hydrogens (tertiary/aromatic N) is 1. The van der Waals surface area contributed by atoms with E-state index in [2.05, 4.69) is 5.32 Å². The number of benzene rings is 2. The zero-order valence-corrected chi connectivity index (χ0v) is 18.3. The van der Waals surface area contributed by atoms with Gasteiger partial charge >= 0.3 is 6.18 Å². The first-order chi connectivity index (χ1) is 14.6. The zero-order valence-electron chi connectivity index (χ0n) is 16.8. The summed E-state index contributed by atoms with van der Waals surface area (Å²) in [5.41, 5.74) is 2.23. The van der Waals surface area contributed by atoms with Gasteiger partial charge in [-0.25, -0.2) is 0 Å². The van der Waals surface area contributed by atoms with Gasteiger partial charge in [-0.3, -0.25) is 4.79 Å². The number of aryl methyl sites for hydroxylation is 1. The standard InChI is InChI=1S/C22H21Cl2F3N2O2/c1-12-8-13(22(25,26)27)9-19-16(12)10-14(28-19)11-17-18(23)3-2-15(20(17)24)21(30)29-4-6-31-7-5-29/h2-3,8-9,14,28H,4-7,10-11H2,1H3. The maximum Gasteiger partial charge on any atom is 0.416 e. The Morgan fingerprint density at radius 2 is 1.94 bits per heavy atom. The molecule has 9 heteroatoms. The van der Waals surface area contributed by atoms with Crippen LogP contribution in [0.25, 0.3) is 0 Å². The highest BCUT2D eigenvalue weighted by Crippen LogP contribution is 2.39. The molecule has 1 fully saturated rings. The van der Waals surface area contributed by atoms with E-state index in [1.165, 1.54) is 6.07 Å². The number of nitrogens with one attached hydrogen (secondary N) is 1. The zero-order chi connectivity index (χ0) is 22.3. The molecule has 0 saturated carbocycles. The van der Waals surface area contributed by atoms with E-state index in [0.29, 0.717) is 66.5 Å². The summed E-state index contributed by atoms with van der Waals surface area (Å²) in [5.74, 6) is -0.181. The number of hydrogen-bond acceptors (Lipinski definition) is 3. The minimum atomic E-state index is -4.40. The number of morpholine rings is 1. The number of anilines is 1. The predicted molar refractivity (Wildman–Crippen MR) is 114 cm³/mol. The molecule has 0 bridgehead atoms. The van der Waals surface area contributed by atoms with Gasteiger partial charge in [-0.05, 0) is 60.7 Å². The highest BCUT2D eigenvalue weighted by molar-refractivity contribution is 6.38. The first-order valence-electron chi connectivity index (χ1n) is 9.96. The molecular formula is C22H21Cl2F3N2O2. The number of ether oxygens (including phenoxy) is 1. The number of hydrogen-bond donors (Lipinski definition) is 1. The fourth-order valence-corrected chi connectivity index (χ4v) is 4.76. The van der Waals surface area contributed by atoms with Crippen molar-refractivity contribution in [3.63, 3.8) is 0 Å². The summed E-state index contributed by atoms with van der Waals surface area (Å²) in [7, 11) is 0. The number of amides is 1. The Morgan fingerprint density at radius 3 is 2.61 bits per heavy atom. The van der Waals surface area contributed by atoms with Crippen LogP contribution in [0, 0.1) is 6.92 Å². The SMILES string of the molecule is Cc1cc(C(F)(F)F)cc2c1CC(Cc1c(Cl)ccc(C(=O)N3CCOCC3)c1Cl)N2. The number of rotatable bonds is 3. The lowest BCUT2D eigenvalue weighted by molar-refractivity contribution is -0.137. The molecule has 31 heavy (non-hydrogen) atoms. The van der Waals surface area contributed by atoms with Crippen LogP contribution in [-0.2, 0) is 23.8 Å². The van der Waals surface area contributed by atoms with Crippen molar-refractivity contribution in [2.75, 3.05) is 31.6 Å². The third kappa shape index (κ3) is 4.49. The second kappa shape index (κ2) is 8.52. The third-order valence-corrected chi connectivity index (χ3v) is 6.56. The molecule has 1 atom stereocenters. The molecule has 2 aromatic rings. The molecule has 4 nitrogen and oxygen atoms in total. The number of carbonyl (C=O) groups excluding carboxylic acids is 1. The van der Waals surface area contributed by atoms with E-state index in [1.54, 1.807) is 24.0 Å². The van der Waals surface area contributed by atoms with Crippen molar-refractivity contribution >= 4 is 34.8 Å². The predicted octanol–water partition coefficient (Wildman–Crippen LogP) is 5.37. The van der Waals surface area contributed by atoms with Gasteiger partial charge in [0.15, 0.2) is 0 Å². The van der Waals surface area contributed by atoms with E-state index in [1.807, 2.05) is 0 Å². The van der Waals surface area contributed by atoms with Gasteiger partial charge in [0, 0.05) is 29.8 Å². The van der Waals surface area contributed by atoms with Crippen LogP contribution < -0.4 is 5.32 Å². The number of halogens is 5. The van der Waals surface area contributed by atoms with Gasteiger partial charge in [-0.1, -0.05) is 23.2 Å². The maximum atomic E-state index is 13.2. The average Bonchev–Trinajstić information content (AvgIpc) is 3.14. The van der Waals surface area contributed by atoms with Crippen LogP contribution in [0.3, 0.4) is 0 Å². The van der Waals surface area contributed by atoms with Crippen molar-refractivity contribution in [2.45, 2.75) is 32.0 Å². The van der Waals surface area contributed by atoms with Crippen molar-refractivity contribution < 1.29 is 22.7 Å². The summed E-state index contributed by atoms with van der Waals surface area (Å²) in [6, 6.07) is 5.39. The molecule has 166 valence electrons. The van der Waals surface area contributed by atoms with Crippen LogP contribution in [-0.4, -0.2) is 43.2 Å². The number of carbonyl (C=O) groups is 1. The van der Waals surface area contributed by atoms with Crippen LogP contribution >= 0.6 is 23.2 Å². The molecule has 0 radical (unpaired) electrons. The highest BCUT2D eigenvalue weighted by Gasteiger charge is 2.34. The van der Waals surface area contributed by atoms with Gasteiger partial charge in [0.2, 0.25) is 0 Å². The van der Waals surface area contributed by atoms with Gasteiger partial charge in [0.25, 0.3) is 5.91 Å². The Bertz CT molecular complexity index is 1020. The van der Waals surface area contributed by atoms with Crippen LogP contribution in [0.4, 0.5) is 18.9 Å². The molecule has 0 aromatic heterocycles. The molecule has 2 heterocycles. The fraction of sp³-hybridized carbons (Fsp3) is 0.409. The molecule has 2 aromatic carbocycles. The molecule has 2 aliphatic heterocycles. The van der Waals surface area contributed by atoms with Crippen LogP contribution in [0.2, 0.25) is 10.0 Å². The van der Waals surface area contributed by atoms with Gasteiger partial charge < -0.3 is 15.0 Å². The average molecular weight is 473 g/mol. The molecular weight excluding hydrogens is 452 g/mol. The molecule has 0 spiro atoms. The van der Waals surface area contributed by atoms with Crippen LogP contribution in [0.15, 0.2) is 24.3 Å². The maximum absolute atomic E-state index is 13.2. The summed E-state index contributed by atoms with van der Waals surface area (Å²) in [5, 5.41) is 3.89. The van der Waals surface area contributed by atoms with Crippen LogP contribution in [0.5, 0.6) is 0 Å². The minimum Gasteiger partial charge on any atom is -0.381 e. The largest absolute Gasteiger partial charge is 0.416 e. The van der Waals surface area contributed by atoms with Crippen molar-refractivity contribution in [2.24, 2.45) is 0 Å². The molecule has 1 amide bonds. The monoisotopic (exact) mass is 472 g/mol. The lowest BCUT2D eigenvalue weighted by atomic mass is 9.97. The smallest absolute Gasteiger partial charge is 0.381 e. The summed E-state index contributed by atoms with van der Waals surface area (Å²) >= 11 is 13.0. The quantitative estimate of drug-likeness (QED) is 0.652. The Hall–Kier alpha value is -1.96. The Kier molecular flexibility index (Phi) is 6.12. The van der Waals surface area contributed by atoms with E-state index in [4.69, 9.17) is 27.9 Å². The molecule has 0 aliphatic carbocycles. The topological polar surface area (TPSA) is 41.6 Å². The van der Waals surface area contributed by atoms with E-state index < -0.39 is 11.7 Å². The van der Waals surface area contributed by atoms with Gasteiger partial charge in [-0.2, -0.15) is 13.2 Å². The van der Waals surface area contributed by atoms with E-state index in [0.717, 1.165) is 11.6 Å². The third-order valence-electron chi connectivity index (χ3n) is 5.78. The summed E-state index contributed by atoms with van der Waals surface area (Å²) < 4.78 is 44.8. The first kappa shape index (κ1) is 22.2. The minimum absolute atomic E-state index is 0.180. The Morgan fingerprint density at radius 1 is 1.23 bits per heavy atom. The van der Waals surface area contributed by atoms with Gasteiger partial charge in [0.05, 0.1) is 29.4 Å². The summed E-state index contributed by atoms with van der Waals surface area (Å²) in [4.78, 5) is 14.6. The Labute approximate surface area is 188 Å². The molecule has 4 rings (SSSR count). The van der Waals surface area contributed by atoms with Crippen molar-refractivity contribution in [3.05, 3.63) is 62.1 Å². The lowest BCUT2D eigenvalue weighted by Crippen LogP contribution is -2.40. The van der Waals surface area contributed by atoms with Crippen molar-refractivity contribution in [1.29, 1.82) is 0 Å². The second-order valence-electron chi connectivity index (χ2n) is 7.86. The van der Waals surface area contributed by atoms with Crippen LogP contribution in [0.1, 0.15) is 32.6 Å². The van der Waals surface area contributed by atoms with E-state index >= 15 is 0 Å². The molecule has 1 N–H and O–H groups in total. The molecule has 1 saturated heterocycles. The lowest BCUT2D eigenvalue weighted by Gasteiger charge is -2.27. The first-order valence-corrected chi connectivity index (χ1v) is 10.7. The molecule has 1 unspecified atom stereocenters. The van der Waals surface area contributed by atoms with E-state index in [9.17, 15) is 18.0 Å².